The first-order chi connectivity index (χ1) is 15.5. The molecule has 0 aromatic heterocycles. The first-order valence-electron chi connectivity index (χ1n) is 9.18. The summed E-state index contributed by atoms with van der Waals surface area (Å²) in [5.41, 5.74) is 5.31. The van der Waals surface area contributed by atoms with E-state index in [2.05, 4.69) is 20.9 Å². The van der Waals surface area contributed by atoms with Gasteiger partial charge in [0, 0.05) is 11.3 Å². The van der Waals surface area contributed by atoms with Gasteiger partial charge in [-0.05, 0) is 72.9 Å². The number of sulfone groups is 1. The zero-order chi connectivity index (χ0) is 24.1. The smallest absolute Gasteiger partial charge is 0.406 e. The fourth-order valence-electron chi connectivity index (χ4n) is 2.61. The number of thiocarbonyl (C=S) groups is 1. The van der Waals surface area contributed by atoms with Gasteiger partial charge in [0.15, 0.2) is 5.11 Å². The summed E-state index contributed by atoms with van der Waals surface area (Å²) in [6, 6.07) is 18.0. The van der Waals surface area contributed by atoms with Crippen molar-refractivity contribution in [2.45, 2.75) is 16.2 Å². The van der Waals surface area contributed by atoms with E-state index in [1.54, 1.807) is 18.2 Å². The van der Waals surface area contributed by atoms with Crippen LogP contribution >= 0.6 is 12.2 Å². The van der Waals surface area contributed by atoms with Crippen LogP contribution < -0.4 is 20.9 Å². The Bertz CT molecular complexity index is 1230. The minimum absolute atomic E-state index is 0.0314. The molecule has 33 heavy (non-hydrogen) atoms. The van der Waals surface area contributed by atoms with Crippen LogP contribution in [-0.2, 0) is 9.84 Å². The van der Waals surface area contributed by atoms with Gasteiger partial charge in [0.05, 0.1) is 9.79 Å². The van der Waals surface area contributed by atoms with Crippen molar-refractivity contribution in [2.75, 3.05) is 5.32 Å². The fraction of sp³-hybridized carbons (Fsp3) is 0.0476. The number of rotatable bonds is 5. The third-order valence-corrected chi connectivity index (χ3v) is 6.11. The number of carbonyl (C=O) groups excluding carboxylic acids is 1. The molecule has 0 saturated carbocycles. The van der Waals surface area contributed by atoms with Crippen molar-refractivity contribution in [1.82, 2.24) is 10.9 Å². The van der Waals surface area contributed by atoms with Crippen LogP contribution in [0.2, 0.25) is 0 Å². The largest absolute Gasteiger partial charge is 0.573 e. The van der Waals surface area contributed by atoms with E-state index in [4.69, 9.17) is 12.2 Å². The maximum absolute atomic E-state index is 12.6. The van der Waals surface area contributed by atoms with Gasteiger partial charge >= 0.3 is 6.36 Å². The number of carbonyl (C=O) groups is 1. The van der Waals surface area contributed by atoms with Crippen LogP contribution in [0, 0.1) is 0 Å². The number of hydrogen-bond donors (Lipinski definition) is 3. The van der Waals surface area contributed by atoms with E-state index in [1.807, 2.05) is 0 Å². The average Bonchev–Trinajstić information content (AvgIpc) is 2.78. The Labute approximate surface area is 192 Å². The Morgan fingerprint density at radius 2 is 1.39 bits per heavy atom. The number of amides is 1. The second-order valence-corrected chi connectivity index (χ2v) is 8.80. The Kier molecular flexibility index (Phi) is 7.19. The van der Waals surface area contributed by atoms with Crippen LogP contribution in [0.5, 0.6) is 5.75 Å². The van der Waals surface area contributed by atoms with Crippen molar-refractivity contribution in [3.05, 3.63) is 84.4 Å². The van der Waals surface area contributed by atoms with Crippen molar-refractivity contribution in [3.63, 3.8) is 0 Å². The highest BCUT2D eigenvalue weighted by Gasteiger charge is 2.30. The molecule has 0 spiro atoms. The number of alkyl halides is 3. The van der Waals surface area contributed by atoms with Gasteiger partial charge in [-0.25, -0.2) is 8.42 Å². The van der Waals surface area contributed by atoms with Crippen molar-refractivity contribution >= 4 is 38.8 Å². The lowest BCUT2D eigenvalue weighted by molar-refractivity contribution is -0.274. The molecule has 3 N–H and O–H groups in total. The van der Waals surface area contributed by atoms with E-state index in [9.17, 15) is 26.4 Å². The van der Waals surface area contributed by atoms with Crippen molar-refractivity contribution < 1.29 is 31.1 Å². The molecule has 7 nitrogen and oxygen atoms in total. The molecule has 0 aliphatic carbocycles. The third-order valence-electron chi connectivity index (χ3n) is 4.12. The number of nitrogens with one attached hydrogen (secondary N) is 3. The van der Waals surface area contributed by atoms with Gasteiger partial charge in [0.1, 0.15) is 5.75 Å². The van der Waals surface area contributed by atoms with Gasteiger partial charge in [0.2, 0.25) is 9.84 Å². The lowest BCUT2D eigenvalue weighted by Crippen LogP contribution is -2.43. The summed E-state index contributed by atoms with van der Waals surface area (Å²) in [4.78, 5) is 12.4. The molecule has 0 atom stereocenters. The van der Waals surface area contributed by atoms with Crippen LogP contribution in [0.1, 0.15) is 10.4 Å². The molecule has 1 amide bonds. The molecular formula is C21H16F3N3O4S2. The van der Waals surface area contributed by atoms with Crippen molar-refractivity contribution in [3.8, 4) is 5.75 Å². The number of anilines is 1. The highest BCUT2D eigenvalue weighted by Crippen LogP contribution is 2.24. The predicted molar refractivity (Wildman–Crippen MR) is 118 cm³/mol. The van der Waals surface area contributed by atoms with Gasteiger partial charge in [-0.15, -0.1) is 13.2 Å². The maximum atomic E-state index is 12.6. The van der Waals surface area contributed by atoms with E-state index >= 15 is 0 Å². The fourth-order valence-corrected chi connectivity index (χ4v) is 4.06. The molecule has 0 bridgehead atoms. The van der Waals surface area contributed by atoms with Gasteiger partial charge in [-0.2, -0.15) is 0 Å². The van der Waals surface area contributed by atoms with E-state index in [1.165, 1.54) is 48.5 Å². The molecular weight excluding hydrogens is 479 g/mol. The molecule has 3 aromatic carbocycles. The van der Waals surface area contributed by atoms with E-state index < -0.39 is 27.9 Å². The van der Waals surface area contributed by atoms with Crippen LogP contribution in [0.3, 0.4) is 0 Å². The van der Waals surface area contributed by atoms with Crippen LogP contribution in [-0.4, -0.2) is 25.8 Å². The van der Waals surface area contributed by atoms with Gasteiger partial charge < -0.3 is 10.1 Å². The number of benzene rings is 3. The summed E-state index contributed by atoms with van der Waals surface area (Å²) in [6.45, 7) is 0. The van der Waals surface area contributed by atoms with Gasteiger partial charge in [-0.3, -0.25) is 15.6 Å². The van der Waals surface area contributed by atoms with Crippen LogP contribution in [0.15, 0.2) is 88.7 Å². The lowest BCUT2D eigenvalue weighted by atomic mass is 10.2. The number of ether oxygens (including phenoxy) is 1. The summed E-state index contributed by atoms with van der Waals surface area (Å²) in [6.07, 6.45) is -4.79. The number of halogens is 3. The highest BCUT2D eigenvalue weighted by atomic mass is 32.2. The third kappa shape index (κ3) is 6.67. The molecule has 0 aliphatic rings. The molecule has 0 aliphatic heterocycles. The lowest BCUT2D eigenvalue weighted by Gasteiger charge is -2.13. The van der Waals surface area contributed by atoms with Gasteiger partial charge in [0.25, 0.3) is 5.91 Å². The molecule has 0 fully saturated rings. The molecule has 12 heteroatoms. The SMILES string of the molecule is O=C(NNC(=S)Nc1ccc(OC(F)(F)F)cc1)c1ccc(S(=O)(=O)c2ccccc2)cc1. The number of hydrogen-bond acceptors (Lipinski definition) is 5. The Morgan fingerprint density at radius 3 is 1.97 bits per heavy atom. The molecule has 172 valence electrons. The number of hydrazine groups is 1. The average molecular weight is 496 g/mol. The Balaban J connectivity index is 1.55. The quantitative estimate of drug-likeness (QED) is 0.363. The van der Waals surface area contributed by atoms with Crippen LogP contribution in [0.4, 0.5) is 18.9 Å². The maximum Gasteiger partial charge on any atom is 0.573 e. The van der Waals surface area contributed by atoms with Crippen molar-refractivity contribution in [2.24, 2.45) is 0 Å². The van der Waals surface area contributed by atoms with E-state index in [0.29, 0.717) is 5.69 Å². The van der Waals surface area contributed by atoms with E-state index in [-0.39, 0.29) is 20.5 Å². The van der Waals surface area contributed by atoms with Gasteiger partial charge in [-0.1, -0.05) is 18.2 Å². The first kappa shape index (κ1) is 24.0. The standard InChI is InChI=1S/C21H16F3N3O4S2/c22-21(23,24)31-16-10-8-15(9-11-16)25-20(32)27-26-19(28)14-6-12-18(13-7-14)33(29,30)17-4-2-1-3-5-17/h1-13H,(H,26,28)(H2,25,27,32). The first-order valence-corrected chi connectivity index (χ1v) is 11.1. The monoisotopic (exact) mass is 495 g/mol. The van der Waals surface area contributed by atoms with Crippen LogP contribution in [0.25, 0.3) is 0 Å². The van der Waals surface area contributed by atoms with E-state index in [0.717, 1.165) is 12.1 Å². The minimum Gasteiger partial charge on any atom is -0.406 e. The predicted octanol–water partition coefficient (Wildman–Crippen LogP) is 4.05. The normalized spacial score (nSPS) is 11.4. The Hall–Kier alpha value is -3.64. The second kappa shape index (κ2) is 9.88. The summed E-state index contributed by atoms with van der Waals surface area (Å²) < 4.78 is 65.5. The summed E-state index contributed by atoms with van der Waals surface area (Å²) in [7, 11) is -3.70. The molecule has 3 rings (SSSR count). The zero-order valence-electron chi connectivity index (χ0n) is 16.6. The zero-order valence-corrected chi connectivity index (χ0v) is 18.2. The molecule has 3 aromatic rings. The topological polar surface area (TPSA) is 96.5 Å². The second-order valence-electron chi connectivity index (χ2n) is 6.45. The Morgan fingerprint density at radius 1 is 0.818 bits per heavy atom. The molecule has 0 saturated heterocycles. The summed E-state index contributed by atoms with van der Waals surface area (Å²) >= 11 is 5.02. The minimum atomic E-state index is -4.79. The summed E-state index contributed by atoms with van der Waals surface area (Å²) in [5, 5.41) is 2.64. The molecule has 0 unspecified atom stereocenters. The highest BCUT2D eigenvalue weighted by molar-refractivity contribution is 7.91. The molecule has 0 heterocycles. The molecule has 0 radical (unpaired) electrons. The summed E-state index contributed by atoms with van der Waals surface area (Å²) in [5.74, 6) is -0.977. The van der Waals surface area contributed by atoms with Crippen molar-refractivity contribution in [1.29, 1.82) is 0 Å².